The average Bonchev–Trinajstić information content (AvgIpc) is 3.13. The number of aliphatic hydroxyl groups excluding tert-OH is 2. The number of fused-ring (bicyclic) bond motifs is 5. The second-order valence-corrected chi connectivity index (χ2v) is 14.8. The van der Waals surface area contributed by atoms with E-state index in [2.05, 4.69) is 19.2 Å². The van der Waals surface area contributed by atoms with E-state index in [4.69, 9.17) is 4.55 Å². The first kappa shape index (κ1) is 29.2. The lowest BCUT2D eigenvalue weighted by atomic mass is 9.43. The molecular formula is C27H45F2NO6S. The van der Waals surface area contributed by atoms with E-state index in [0.29, 0.717) is 25.2 Å². The molecule has 0 aromatic rings. The van der Waals surface area contributed by atoms with Gasteiger partial charge in [-0.15, -0.1) is 0 Å². The van der Waals surface area contributed by atoms with Gasteiger partial charge in [-0.25, -0.2) is 8.78 Å². The minimum absolute atomic E-state index is 0.00524. The Balaban J connectivity index is 1.38. The largest absolute Gasteiger partial charge is 0.393 e. The SMILES string of the molecule is C[C@H](CCC(=O)NCCCS(=O)(=O)O)[C@H]1CCC2C3C(O)C[C@@H]4C[C@@H](O)C(F)(F)C[C@]4(C)C3CC[C@@]21C. The second-order valence-electron chi connectivity index (χ2n) is 13.2. The maximum Gasteiger partial charge on any atom is 0.274 e. The number of aliphatic hydroxyl groups is 2. The highest BCUT2D eigenvalue weighted by Gasteiger charge is 2.66. The molecule has 4 aliphatic carbocycles. The van der Waals surface area contributed by atoms with Crippen LogP contribution in [0.15, 0.2) is 0 Å². The first-order valence-electron chi connectivity index (χ1n) is 14.0. The molecule has 0 aliphatic heterocycles. The Morgan fingerprint density at radius 1 is 1.08 bits per heavy atom. The van der Waals surface area contributed by atoms with Gasteiger partial charge < -0.3 is 15.5 Å². The Kier molecular flexibility index (Phi) is 8.10. The molecule has 0 aromatic heterocycles. The molecule has 0 heterocycles. The Labute approximate surface area is 219 Å². The molecule has 10 atom stereocenters. The minimum atomic E-state index is -4.03. The summed E-state index contributed by atoms with van der Waals surface area (Å²) in [5.41, 5.74) is -0.585. The van der Waals surface area contributed by atoms with E-state index in [1.807, 2.05) is 6.92 Å². The number of carbonyl (C=O) groups is 1. The van der Waals surface area contributed by atoms with Crippen molar-refractivity contribution in [1.29, 1.82) is 0 Å². The first-order valence-corrected chi connectivity index (χ1v) is 15.7. The van der Waals surface area contributed by atoms with E-state index in [9.17, 15) is 32.2 Å². The molecule has 4 fully saturated rings. The highest BCUT2D eigenvalue weighted by atomic mass is 32.2. The minimum Gasteiger partial charge on any atom is -0.393 e. The molecule has 4 N–H and O–H groups in total. The molecule has 0 spiro atoms. The third-order valence-corrected chi connectivity index (χ3v) is 12.0. The van der Waals surface area contributed by atoms with Crippen molar-refractivity contribution < 1.29 is 36.8 Å². The summed E-state index contributed by atoms with van der Waals surface area (Å²) in [7, 11) is -4.03. The van der Waals surface area contributed by atoms with Gasteiger partial charge in [0.2, 0.25) is 5.91 Å². The summed E-state index contributed by atoms with van der Waals surface area (Å²) < 4.78 is 59.8. The number of nitrogens with one attached hydrogen (secondary N) is 1. The Bertz CT molecular complexity index is 963. The fourth-order valence-corrected chi connectivity index (χ4v) is 9.84. The highest BCUT2D eigenvalue weighted by molar-refractivity contribution is 7.85. The van der Waals surface area contributed by atoms with Crippen LogP contribution in [0.3, 0.4) is 0 Å². The van der Waals surface area contributed by atoms with E-state index in [0.717, 1.165) is 25.7 Å². The van der Waals surface area contributed by atoms with E-state index >= 15 is 0 Å². The summed E-state index contributed by atoms with van der Waals surface area (Å²) >= 11 is 0. The summed E-state index contributed by atoms with van der Waals surface area (Å²) in [6.45, 7) is 6.66. The number of hydrogen-bond donors (Lipinski definition) is 4. The molecule has 37 heavy (non-hydrogen) atoms. The van der Waals surface area contributed by atoms with Crippen molar-refractivity contribution in [2.75, 3.05) is 12.3 Å². The summed E-state index contributed by atoms with van der Waals surface area (Å²) in [6.07, 6.45) is 3.00. The van der Waals surface area contributed by atoms with Gasteiger partial charge in [-0.2, -0.15) is 8.42 Å². The van der Waals surface area contributed by atoms with Crippen LogP contribution in [0.2, 0.25) is 0 Å². The molecule has 4 aliphatic rings. The number of rotatable bonds is 8. The van der Waals surface area contributed by atoms with Gasteiger partial charge in [0.1, 0.15) is 6.10 Å². The molecule has 4 saturated carbocycles. The van der Waals surface area contributed by atoms with Gasteiger partial charge in [0.15, 0.2) is 0 Å². The molecule has 4 unspecified atom stereocenters. The van der Waals surface area contributed by atoms with Crippen LogP contribution >= 0.6 is 0 Å². The molecule has 0 saturated heterocycles. The third-order valence-electron chi connectivity index (χ3n) is 11.2. The molecule has 7 nitrogen and oxygen atoms in total. The van der Waals surface area contributed by atoms with E-state index in [1.165, 1.54) is 0 Å². The van der Waals surface area contributed by atoms with Crippen molar-refractivity contribution in [1.82, 2.24) is 5.32 Å². The van der Waals surface area contributed by atoms with Crippen molar-refractivity contribution in [3.8, 4) is 0 Å². The molecule has 4 rings (SSSR count). The van der Waals surface area contributed by atoms with Crippen molar-refractivity contribution in [3.05, 3.63) is 0 Å². The number of alkyl halides is 2. The third kappa shape index (κ3) is 5.59. The molecule has 0 aromatic carbocycles. The zero-order chi connectivity index (χ0) is 27.4. The van der Waals surface area contributed by atoms with Gasteiger partial charge >= 0.3 is 0 Å². The van der Waals surface area contributed by atoms with E-state index in [-0.39, 0.29) is 72.5 Å². The smallest absolute Gasteiger partial charge is 0.274 e. The number of amides is 1. The lowest BCUT2D eigenvalue weighted by Crippen LogP contribution is -2.62. The Morgan fingerprint density at radius 2 is 1.76 bits per heavy atom. The van der Waals surface area contributed by atoms with Crippen molar-refractivity contribution in [2.45, 2.75) is 103 Å². The van der Waals surface area contributed by atoms with Crippen LogP contribution in [0.5, 0.6) is 0 Å². The van der Waals surface area contributed by atoms with Crippen LogP contribution < -0.4 is 5.32 Å². The highest BCUT2D eigenvalue weighted by Crippen LogP contribution is 2.69. The lowest BCUT2D eigenvalue weighted by molar-refractivity contribution is -0.236. The second kappa shape index (κ2) is 10.3. The van der Waals surface area contributed by atoms with E-state index < -0.39 is 33.7 Å². The standard InChI is InChI=1S/C27H45F2NO6S/c1-16(5-8-23(33)30-11-4-12-37(34,35)36)18-6-7-19-24-20(9-10-25(18,19)2)26(3)15-27(28,29)22(32)14-17(26)13-21(24)31/h16-22,24,31-32H,4-15H2,1-3H3,(H,30,33)(H,34,35,36)/t16-,17-,18-,19?,20?,21?,22-,24?,25-,26+/m1/s1. The molecule has 0 bridgehead atoms. The quantitative estimate of drug-likeness (QED) is 0.268. The van der Waals surface area contributed by atoms with E-state index in [1.54, 1.807) is 0 Å². The molecule has 214 valence electrons. The molecule has 0 radical (unpaired) electrons. The Hall–Kier alpha value is -0.840. The zero-order valence-electron chi connectivity index (χ0n) is 22.3. The average molecular weight is 550 g/mol. The van der Waals surface area contributed by atoms with Crippen LogP contribution in [0, 0.1) is 46.3 Å². The summed E-state index contributed by atoms with van der Waals surface area (Å²) in [6, 6.07) is 0. The van der Waals surface area contributed by atoms with Crippen molar-refractivity contribution in [3.63, 3.8) is 0 Å². The van der Waals surface area contributed by atoms with Gasteiger partial charge in [0.25, 0.3) is 16.0 Å². The summed E-state index contributed by atoms with van der Waals surface area (Å²) in [5.74, 6) is -2.72. The van der Waals surface area contributed by atoms with Crippen LogP contribution in [-0.4, -0.2) is 59.5 Å². The fourth-order valence-electron chi connectivity index (χ4n) is 9.34. The van der Waals surface area contributed by atoms with Gasteiger partial charge in [0.05, 0.1) is 11.9 Å². The predicted octanol–water partition coefficient (Wildman–Crippen LogP) is 4.03. The molecule has 1 amide bonds. The van der Waals surface area contributed by atoms with Crippen LogP contribution in [0.1, 0.15) is 85.0 Å². The predicted molar refractivity (Wildman–Crippen MR) is 135 cm³/mol. The molecular weight excluding hydrogens is 504 g/mol. The van der Waals surface area contributed by atoms with Gasteiger partial charge in [-0.05, 0) is 97.7 Å². The zero-order valence-corrected chi connectivity index (χ0v) is 23.2. The van der Waals surface area contributed by atoms with Crippen LogP contribution in [0.4, 0.5) is 8.78 Å². The van der Waals surface area contributed by atoms with Crippen molar-refractivity contribution >= 4 is 16.0 Å². The van der Waals surface area contributed by atoms with Crippen LogP contribution in [0.25, 0.3) is 0 Å². The Morgan fingerprint density at radius 3 is 2.43 bits per heavy atom. The number of hydrogen-bond acceptors (Lipinski definition) is 5. The molecule has 10 heteroatoms. The normalized spacial score (nSPS) is 43.8. The lowest BCUT2D eigenvalue weighted by Gasteiger charge is -2.63. The number of halogens is 2. The van der Waals surface area contributed by atoms with Gasteiger partial charge in [0, 0.05) is 19.4 Å². The van der Waals surface area contributed by atoms with Gasteiger partial charge in [-0.1, -0.05) is 20.8 Å². The van der Waals surface area contributed by atoms with Crippen molar-refractivity contribution in [2.24, 2.45) is 46.3 Å². The summed E-state index contributed by atoms with van der Waals surface area (Å²) in [4.78, 5) is 12.3. The first-order chi connectivity index (χ1) is 17.1. The van der Waals surface area contributed by atoms with Crippen LogP contribution in [-0.2, 0) is 14.9 Å². The maximum atomic E-state index is 14.7. The monoisotopic (exact) mass is 549 g/mol. The fraction of sp³-hybridized carbons (Fsp3) is 0.963. The number of carbonyl (C=O) groups excluding carboxylic acids is 1. The maximum absolute atomic E-state index is 14.7. The topological polar surface area (TPSA) is 124 Å². The summed E-state index contributed by atoms with van der Waals surface area (Å²) in [5, 5.41) is 24.1. The van der Waals surface area contributed by atoms with Gasteiger partial charge in [-0.3, -0.25) is 9.35 Å².